The van der Waals surface area contributed by atoms with Crippen LogP contribution in [0.2, 0.25) is 10.0 Å². The minimum atomic E-state index is -4.07. The smallest absolute Gasteiger partial charge is 0.245 e. The van der Waals surface area contributed by atoms with Gasteiger partial charge in [0, 0.05) is 41.3 Å². The minimum Gasteiger partial charge on any atom is -0.487 e. The van der Waals surface area contributed by atoms with Crippen LogP contribution in [0.1, 0.15) is 29.7 Å². The van der Waals surface area contributed by atoms with Gasteiger partial charge in [-0.25, -0.2) is 13.4 Å². The van der Waals surface area contributed by atoms with Crippen molar-refractivity contribution in [1.82, 2.24) is 14.6 Å². The molecule has 1 atom stereocenters. The third-order valence-electron chi connectivity index (χ3n) is 6.20. The van der Waals surface area contributed by atoms with Gasteiger partial charge in [-0.05, 0) is 56.5 Å². The van der Waals surface area contributed by atoms with Crippen molar-refractivity contribution >= 4 is 50.0 Å². The molecule has 36 heavy (non-hydrogen) atoms. The number of para-hydroxylation sites is 1. The summed E-state index contributed by atoms with van der Waals surface area (Å²) in [6, 6.07) is 9.65. The molecule has 1 aromatic heterocycles. The van der Waals surface area contributed by atoms with Crippen molar-refractivity contribution < 1.29 is 17.9 Å². The molecule has 0 saturated carbocycles. The average molecular weight is 551 g/mol. The Morgan fingerprint density at radius 3 is 2.78 bits per heavy atom. The predicted octanol–water partition coefficient (Wildman–Crippen LogP) is 3.97. The largest absolute Gasteiger partial charge is 0.487 e. The Hall–Kier alpha value is -2.43. The number of aromatic nitrogens is 1. The van der Waals surface area contributed by atoms with E-state index in [9.17, 15) is 13.2 Å². The Morgan fingerprint density at radius 1 is 1.25 bits per heavy atom. The van der Waals surface area contributed by atoms with Gasteiger partial charge < -0.3 is 15.8 Å². The summed E-state index contributed by atoms with van der Waals surface area (Å²) >= 11 is 13.0. The molecule has 3 aromatic rings. The zero-order chi connectivity index (χ0) is 26.0. The average Bonchev–Trinajstić information content (AvgIpc) is 3.33. The van der Waals surface area contributed by atoms with Gasteiger partial charge in [0.2, 0.25) is 15.9 Å². The molecular formula is C25H28Cl2N4O4S. The molecule has 1 aliphatic rings. The van der Waals surface area contributed by atoms with E-state index < -0.39 is 16.1 Å². The summed E-state index contributed by atoms with van der Waals surface area (Å²) in [7, 11) is -4.07. The number of rotatable bonds is 8. The summed E-state index contributed by atoms with van der Waals surface area (Å²) in [5, 5.41) is 3.88. The number of nitrogens with two attached hydrogens (primary N) is 1. The Balaban J connectivity index is 1.64. The fourth-order valence-electron chi connectivity index (χ4n) is 4.46. The zero-order valence-electron chi connectivity index (χ0n) is 20.1. The predicted molar refractivity (Wildman–Crippen MR) is 141 cm³/mol. The summed E-state index contributed by atoms with van der Waals surface area (Å²) in [6.07, 6.45) is 0.984. The highest BCUT2D eigenvalue weighted by Gasteiger charge is 2.40. The third kappa shape index (κ3) is 5.17. The van der Waals surface area contributed by atoms with Crippen LogP contribution in [0.4, 0.5) is 0 Å². The van der Waals surface area contributed by atoms with E-state index in [0.29, 0.717) is 29.7 Å². The van der Waals surface area contributed by atoms with E-state index in [4.69, 9.17) is 33.7 Å². The van der Waals surface area contributed by atoms with E-state index in [1.54, 1.807) is 6.07 Å². The molecular weight excluding hydrogens is 523 g/mol. The van der Waals surface area contributed by atoms with Gasteiger partial charge in [0.25, 0.3) is 0 Å². The maximum Gasteiger partial charge on any atom is 0.245 e. The first kappa shape index (κ1) is 26.6. The lowest BCUT2D eigenvalue weighted by Gasteiger charge is -2.24. The van der Waals surface area contributed by atoms with Gasteiger partial charge in [-0.15, -0.1) is 0 Å². The van der Waals surface area contributed by atoms with E-state index in [1.165, 1.54) is 16.4 Å². The molecule has 1 amide bonds. The SMILES string of the molecule is Cc1cc(C)c2cccc(OCc3c(Cl)ccc(S(=O)(=O)N4CCC[C@H]4C(=O)NCCN)c3Cl)c2n1. The van der Waals surface area contributed by atoms with Crippen LogP contribution in [0.25, 0.3) is 10.9 Å². The number of halogens is 2. The van der Waals surface area contributed by atoms with Gasteiger partial charge in [0.15, 0.2) is 0 Å². The number of nitrogens with one attached hydrogen (secondary N) is 1. The lowest BCUT2D eigenvalue weighted by Crippen LogP contribution is -2.46. The van der Waals surface area contributed by atoms with Crippen LogP contribution in [0, 0.1) is 13.8 Å². The molecule has 4 rings (SSSR count). The number of pyridine rings is 1. The number of sulfonamides is 1. The molecule has 11 heteroatoms. The van der Waals surface area contributed by atoms with E-state index in [1.807, 2.05) is 32.0 Å². The molecule has 192 valence electrons. The van der Waals surface area contributed by atoms with Crippen LogP contribution in [0.3, 0.4) is 0 Å². The van der Waals surface area contributed by atoms with Crippen LogP contribution in [-0.2, 0) is 21.4 Å². The fourth-order valence-corrected chi connectivity index (χ4v) is 6.98. The van der Waals surface area contributed by atoms with Crippen molar-refractivity contribution in [2.45, 2.75) is 44.2 Å². The van der Waals surface area contributed by atoms with Gasteiger partial charge in [0.05, 0.1) is 5.02 Å². The lowest BCUT2D eigenvalue weighted by molar-refractivity contribution is -0.124. The Labute approximate surface area is 220 Å². The first-order valence-corrected chi connectivity index (χ1v) is 13.8. The minimum absolute atomic E-state index is 0.0314. The normalized spacial score (nSPS) is 16.4. The number of nitrogens with zero attached hydrogens (tertiary/aromatic N) is 2. The Morgan fingerprint density at radius 2 is 2.03 bits per heavy atom. The molecule has 2 heterocycles. The van der Waals surface area contributed by atoms with Gasteiger partial charge in [-0.3, -0.25) is 4.79 Å². The first-order valence-electron chi connectivity index (χ1n) is 11.6. The highest BCUT2D eigenvalue weighted by atomic mass is 35.5. The summed E-state index contributed by atoms with van der Waals surface area (Å²) in [5.41, 5.74) is 8.43. The number of benzene rings is 2. The highest BCUT2D eigenvalue weighted by molar-refractivity contribution is 7.89. The molecule has 0 bridgehead atoms. The van der Waals surface area contributed by atoms with Crippen LogP contribution in [-0.4, -0.2) is 49.3 Å². The number of amides is 1. The molecule has 0 aliphatic carbocycles. The second-order valence-electron chi connectivity index (χ2n) is 8.71. The molecule has 0 unspecified atom stereocenters. The standard InChI is InChI=1S/C25H28Cl2N4O4S/c1-15-13-16(2)30-24-17(15)5-3-7-21(24)35-14-18-19(26)8-9-22(23(18)27)36(33,34)31-12-4-6-20(31)25(32)29-11-10-28/h3,5,7-9,13,20H,4,6,10-12,14,28H2,1-2H3,(H,29,32)/t20-/m0/s1. The second-order valence-corrected chi connectivity index (χ2v) is 11.4. The zero-order valence-corrected chi connectivity index (χ0v) is 22.4. The molecule has 1 fully saturated rings. The molecule has 0 radical (unpaired) electrons. The van der Waals surface area contributed by atoms with Crippen molar-refractivity contribution in [3.63, 3.8) is 0 Å². The number of fused-ring (bicyclic) bond motifs is 1. The molecule has 3 N–H and O–H groups in total. The second kappa shape index (κ2) is 10.9. The first-order chi connectivity index (χ1) is 17.1. The van der Waals surface area contributed by atoms with E-state index in [0.717, 1.165) is 16.6 Å². The van der Waals surface area contributed by atoms with Crippen molar-refractivity contribution in [3.8, 4) is 5.75 Å². The molecule has 1 saturated heterocycles. The van der Waals surface area contributed by atoms with Gasteiger partial charge in [-0.1, -0.05) is 35.3 Å². The number of carbonyl (C=O) groups excluding carboxylic acids is 1. The number of carbonyl (C=O) groups is 1. The number of ether oxygens (including phenoxy) is 1. The lowest BCUT2D eigenvalue weighted by atomic mass is 10.1. The van der Waals surface area contributed by atoms with Gasteiger partial charge in [-0.2, -0.15) is 4.31 Å². The maximum atomic E-state index is 13.6. The van der Waals surface area contributed by atoms with Crippen molar-refractivity contribution in [3.05, 3.63) is 63.3 Å². The summed E-state index contributed by atoms with van der Waals surface area (Å²) in [4.78, 5) is 17.1. The molecule has 0 spiro atoms. The maximum absolute atomic E-state index is 13.6. The summed E-state index contributed by atoms with van der Waals surface area (Å²) in [6.45, 7) is 4.61. The highest BCUT2D eigenvalue weighted by Crippen LogP contribution is 2.36. The van der Waals surface area contributed by atoms with E-state index >= 15 is 0 Å². The van der Waals surface area contributed by atoms with Crippen LogP contribution < -0.4 is 15.8 Å². The summed E-state index contributed by atoms with van der Waals surface area (Å²) in [5.74, 6) is 0.167. The van der Waals surface area contributed by atoms with Crippen molar-refractivity contribution in [1.29, 1.82) is 0 Å². The van der Waals surface area contributed by atoms with Crippen molar-refractivity contribution in [2.24, 2.45) is 5.73 Å². The fraction of sp³-hybridized carbons (Fsp3) is 0.360. The Bertz CT molecular complexity index is 1410. The van der Waals surface area contributed by atoms with E-state index in [-0.39, 0.29) is 47.1 Å². The van der Waals surface area contributed by atoms with Crippen LogP contribution >= 0.6 is 23.2 Å². The van der Waals surface area contributed by atoms with Gasteiger partial charge >= 0.3 is 0 Å². The monoisotopic (exact) mass is 550 g/mol. The van der Waals surface area contributed by atoms with Crippen molar-refractivity contribution in [2.75, 3.05) is 19.6 Å². The molecule has 8 nitrogen and oxygen atoms in total. The molecule has 1 aliphatic heterocycles. The number of hydrogen-bond acceptors (Lipinski definition) is 6. The number of aryl methyl sites for hydroxylation is 2. The summed E-state index contributed by atoms with van der Waals surface area (Å²) < 4.78 is 34.4. The quantitative estimate of drug-likeness (QED) is 0.438. The number of hydrogen-bond donors (Lipinski definition) is 2. The van der Waals surface area contributed by atoms with Crippen LogP contribution in [0.5, 0.6) is 5.75 Å². The Kier molecular flexibility index (Phi) is 8.06. The van der Waals surface area contributed by atoms with Gasteiger partial charge in [0.1, 0.15) is 28.8 Å². The third-order valence-corrected chi connectivity index (χ3v) is 9.04. The topological polar surface area (TPSA) is 115 Å². The molecule has 2 aromatic carbocycles. The van der Waals surface area contributed by atoms with Crippen LogP contribution in [0.15, 0.2) is 41.3 Å². The van der Waals surface area contributed by atoms with E-state index in [2.05, 4.69) is 10.3 Å².